The first kappa shape index (κ1) is 14.1. The van der Waals surface area contributed by atoms with Gasteiger partial charge in [-0.2, -0.15) is 0 Å². The van der Waals surface area contributed by atoms with Crippen molar-refractivity contribution in [2.24, 2.45) is 5.73 Å². The highest BCUT2D eigenvalue weighted by Crippen LogP contribution is 2.17. The highest BCUT2D eigenvalue weighted by atomic mass is 14.6. The molecule has 2 aromatic carbocycles. The summed E-state index contributed by atoms with van der Waals surface area (Å²) in [5, 5.41) is 2.63. The van der Waals surface area contributed by atoms with Crippen molar-refractivity contribution in [1.29, 1.82) is 0 Å². The lowest BCUT2D eigenvalue weighted by atomic mass is 9.98. The van der Waals surface area contributed by atoms with Crippen molar-refractivity contribution in [3.8, 4) is 0 Å². The summed E-state index contributed by atoms with van der Waals surface area (Å²) in [7, 11) is 0. The maximum atomic E-state index is 6.23. The number of fused-ring (bicyclic) bond motifs is 1. The molecule has 0 fully saturated rings. The van der Waals surface area contributed by atoms with Crippen molar-refractivity contribution in [2.45, 2.75) is 51.5 Å². The van der Waals surface area contributed by atoms with Crippen LogP contribution in [-0.4, -0.2) is 6.04 Å². The molecule has 0 aliphatic rings. The molecule has 1 nitrogen and oxygen atoms in total. The van der Waals surface area contributed by atoms with Gasteiger partial charge in [0.15, 0.2) is 0 Å². The van der Waals surface area contributed by atoms with Crippen LogP contribution in [0.5, 0.6) is 0 Å². The molecule has 0 saturated heterocycles. The van der Waals surface area contributed by atoms with Gasteiger partial charge in [-0.25, -0.2) is 0 Å². The van der Waals surface area contributed by atoms with Gasteiger partial charge in [0.1, 0.15) is 0 Å². The summed E-state index contributed by atoms with van der Waals surface area (Å²) in [6, 6.07) is 15.5. The molecule has 0 radical (unpaired) electrons. The van der Waals surface area contributed by atoms with Gasteiger partial charge in [0, 0.05) is 6.04 Å². The van der Waals surface area contributed by atoms with Gasteiger partial charge in [-0.15, -0.1) is 0 Å². The lowest BCUT2D eigenvalue weighted by Crippen LogP contribution is -2.22. The molecule has 0 saturated carbocycles. The minimum absolute atomic E-state index is 0.304. The van der Waals surface area contributed by atoms with E-state index in [1.54, 1.807) is 0 Å². The fraction of sp³-hybridized carbons (Fsp3) is 0.444. The Morgan fingerprint density at radius 3 is 2.53 bits per heavy atom. The number of unbranched alkanes of at least 4 members (excludes halogenated alkanes) is 3. The number of hydrogen-bond donors (Lipinski definition) is 1. The summed E-state index contributed by atoms with van der Waals surface area (Å²) in [6.45, 7) is 2.25. The van der Waals surface area contributed by atoms with Gasteiger partial charge >= 0.3 is 0 Å². The average molecular weight is 255 g/mol. The first-order valence-electron chi connectivity index (χ1n) is 7.53. The van der Waals surface area contributed by atoms with Crippen LogP contribution in [-0.2, 0) is 6.42 Å². The summed E-state index contributed by atoms with van der Waals surface area (Å²) in [6.07, 6.45) is 7.36. The summed E-state index contributed by atoms with van der Waals surface area (Å²) < 4.78 is 0. The van der Waals surface area contributed by atoms with Crippen LogP contribution in [0.4, 0.5) is 0 Å². The molecule has 2 rings (SSSR count). The first-order chi connectivity index (χ1) is 9.29. The zero-order valence-electron chi connectivity index (χ0n) is 11.9. The molecule has 0 amide bonds. The molecule has 0 aromatic heterocycles. The molecule has 19 heavy (non-hydrogen) atoms. The number of benzene rings is 2. The van der Waals surface area contributed by atoms with Crippen LogP contribution in [0.15, 0.2) is 42.5 Å². The summed E-state index contributed by atoms with van der Waals surface area (Å²) in [5.41, 5.74) is 7.59. The van der Waals surface area contributed by atoms with Crippen molar-refractivity contribution in [2.75, 3.05) is 0 Å². The van der Waals surface area contributed by atoms with Crippen molar-refractivity contribution < 1.29 is 0 Å². The van der Waals surface area contributed by atoms with E-state index in [0.717, 1.165) is 12.8 Å². The van der Waals surface area contributed by atoms with Crippen molar-refractivity contribution >= 4 is 10.8 Å². The molecule has 1 unspecified atom stereocenters. The van der Waals surface area contributed by atoms with Gasteiger partial charge in [0.25, 0.3) is 0 Å². The van der Waals surface area contributed by atoms with E-state index < -0.39 is 0 Å². The van der Waals surface area contributed by atoms with Gasteiger partial charge in [0.05, 0.1) is 0 Å². The summed E-state index contributed by atoms with van der Waals surface area (Å²) in [4.78, 5) is 0. The van der Waals surface area contributed by atoms with Crippen LogP contribution in [0.25, 0.3) is 10.8 Å². The van der Waals surface area contributed by atoms with Crippen LogP contribution >= 0.6 is 0 Å². The second-order valence-electron chi connectivity index (χ2n) is 5.50. The second-order valence-corrected chi connectivity index (χ2v) is 5.50. The Hall–Kier alpha value is -1.34. The molecule has 102 valence electrons. The normalized spacial score (nSPS) is 12.7. The predicted octanol–water partition coefficient (Wildman–Crippen LogP) is 4.68. The lowest BCUT2D eigenvalue weighted by molar-refractivity contribution is 0.546. The van der Waals surface area contributed by atoms with E-state index in [0.29, 0.717) is 6.04 Å². The first-order valence-corrected chi connectivity index (χ1v) is 7.53. The molecule has 0 spiro atoms. The summed E-state index contributed by atoms with van der Waals surface area (Å²) in [5.74, 6) is 0. The Bertz CT molecular complexity index is 504. The van der Waals surface area contributed by atoms with E-state index in [2.05, 4.69) is 49.4 Å². The largest absolute Gasteiger partial charge is 0.327 e. The topological polar surface area (TPSA) is 26.0 Å². The Balaban J connectivity index is 1.89. The molecule has 0 heterocycles. The minimum atomic E-state index is 0.304. The monoisotopic (exact) mass is 255 g/mol. The molecule has 2 N–H and O–H groups in total. The lowest BCUT2D eigenvalue weighted by Gasteiger charge is -2.12. The Morgan fingerprint density at radius 2 is 1.74 bits per heavy atom. The van der Waals surface area contributed by atoms with Gasteiger partial charge in [0.2, 0.25) is 0 Å². The molecule has 0 aliphatic carbocycles. The zero-order chi connectivity index (χ0) is 13.5. The summed E-state index contributed by atoms with van der Waals surface area (Å²) >= 11 is 0. The zero-order valence-corrected chi connectivity index (χ0v) is 11.9. The molecule has 0 aliphatic heterocycles. The van der Waals surface area contributed by atoms with E-state index >= 15 is 0 Å². The maximum absolute atomic E-state index is 6.23. The number of rotatable bonds is 7. The van der Waals surface area contributed by atoms with Crippen molar-refractivity contribution in [3.05, 3.63) is 48.0 Å². The van der Waals surface area contributed by atoms with E-state index in [1.807, 2.05) is 0 Å². The predicted molar refractivity (Wildman–Crippen MR) is 84.4 cm³/mol. The molecular formula is C18H25N. The maximum Gasteiger partial charge on any atom is 0.00793 e. The van der Waals surface area contributed by atoms with Crippen LogP contribution in [0, 0.1) is 0 Å². The Labute approximate surface area is 116 Å². The highest BCUT2D eigenvalue weighted by molar-refractivity contribution is 5.82. The van der Waals surface area contributed by atoms with Crippen LogP contribution in [0.1, 0.15) is 44.6 Å². The third kappa shape index (κ3) is 4.36. The molecule has 2 aromatic rings. The smallest absolute Gasteiger partial charge is 0.00793 e. The number of hydrogen-bond acceptors (Lipinski definition) is 1. The van der Waals surface area contributed by atoms with Crippen LogP contribution in [0.3, 0.4) is 0 Å². The van der Waals surface area contributed by atoms with Crippen molar-refractivity contribution in [1.82, 2.24) is 0 Å². The number of nitrogens with two attached hydrogens (primary N) is 1. The molecule has 0 bridgehead atoms. The SMILES string of the molecule is CCCCCCC(N)Cc1ccc2ccccc2c1. The molecular weight excluding hydrogens is 230 g/mol. The van der Waals surface area contributed by atoms with E-state index in [1.165, 1.54) is 42.0 Å². The molecule has 1 atom stereocenters. The Morgan fingerprint density at radius 1 is 0.947 bits per heavy atom. The van der Waals surface area contributed by atoms with E-state index in [-0.39, 0.29) is 0 Å². The van der Waals surface area contributed by atoms with Crippen LogP contribution < -0.4 is 5.73 Å². The quantitative estimate of drug-likeness (QED) is 0.714. The fourth-order valence-corrected chi connectivity index (χ4v) is 2.60. The average Bonchev–Trinajstić information content (AvgIpc) is 2.43. The highest BCUT2D eigenvalue weighted by Gasteiger charge is 2.04. The van der Waals surface area contributed by atoms with Gasteiger partial charge in [-0.05, 0) is 29.2 Å². The standard InChI is InChI=1S/C18H25N/c1-2-3-4-5-10-18(19)14-15-11-12-16-8-6-7-9-17(16)13-15/h6-9,11-13,18H,2-5,10,14,19H2,1H3. The second kappa shape index (κ2) is 7.30. The Kier molecular flexibility index (Phi) is 5.41. The van der Waals surface area contributed by atoms with Gasteiger partial charge < -0.3 is 5.73 Å². The van der Waals surface area contributed by atoms with Crippen LogP contribution in [0.2, 0.25) is 0 Å². The van der Waals surface area contributed by atoms with Crippen molar-refractivity contribution in [3.63, 3.8) is 0 Å². The van der Waals surface area contributed by atoms with Gasteiger partial charge in [-0.1, -0.05) is 75.1 Å². The van der Waals surface area contributed by atoms with Gasteiger partial charge in [-0.3, -0.25) is 0 Å². The van der Waals surface area contributed by atoms with E-state index in [9.17, 15) is 0 Å². The minimum Gasteiger partial charge on any atom is -0.327 e. The fourth-order valence-electron chi connectivity index (χ4n) is 2.60. The third-order valence-electron chi connectivity index (χ3n) is 3.74. The third-order valence-corrected chi connectivity index (χ3v) is 3.74. The molecule has 1 heteroatoms. The van der Waals surface area contributed by atoms with E-state index in [4.69, 9.17) is 5.73 Å².